The molecule has 0 aromatic heterocycles. The van der Waals surface area contributed by atoms with Crippen molar-refractivity contribution in [2.24, 2.45) is 5.92 Å². The number of nitrogens with one attached hydrogen (secondary N) is 1. The van der Waals surface area contributed by atoms with Crippen LogP contribution in [0.3, 0.4) is 0 Å². The summed E-state index contributed by atoms with van der Waals surface area (Å²) in [5.41, 5.74) is 1.17. The van der Waals surface area contributed by atoms with Gasteiger partial charge in [0.15, 0.2) is 6.61 Å². The zero-order valence-corrected chi connectivity index (χ0v) is 18.3. The lowest BCUT2D eigenvalue weighted by Crippen LogP contribution is -2.28. The van der Waals surface area contributed by atoms with Gasteiger partial charge in [-0.25, -0.2) is 0 Å². The Bertz CT molecular complexity index is 1150. The maximum absolute atomic E-state index is 12.4. The van der Waals surface area contributed by atoms with Crippen LogP contribution in [0.2, 0.25) is 5.02 Å². The molecule has 0 spiro atoms. The number of benzene rings is 3. The summed E-state index contributed by atoms with van der Waals surface area (Å²) in [6, 6.07) is 23.0. The number of hydrogen-bond donors (Lipinski definition) is 1. The van der Waals surface area contributed by atoms with Crippen molar-refractivity contribution in [1.82, 2.24) is 0 Å². The summed E-state index contributed by atoms with van der Waals surface area (Å²) in [6.07, 6.45) is 0.0237. The normalized spacial score (nSPS) is 15.2. The van der Waals surface area contributed by atoms with Gasteiger partial charge in [-0.2, -0.15) is 0 Å². The van der Waals surface area contributed by atoms with Crippen LogP contribution in [0.4, 0.5) is 11.4 Å². The van der Waals surface area contributed by atoms with Crippen molar-refractivity contribution in [2.45, 2.75) is 6.42 Å². The van der Waals surface area contributed by atoms with Crippen LogP contribution in [0.25, 0.3) is 0 Å². The van der Waals surface area contributed by atoms with E-state index in [2.05, 4.69) is 5.32 Å². The Kier molecular flexibility index (Phi) is 6.90. The van der Waals surface area contributed by atoms with Gasteiger partial charge in [0.25, 0.3) is 5.91 Å². The van der Waals surface area contributed by atoms with Crippen molar-refractivity contribution in [3.8, 4) is 11.5 Å². The van der Waals surface area contributed by atoms with Gasteiger partial charge >= 0.3 is 5.97 Å². The molecule has 33 heavy (non-hydrogen) atoms. The first-order valence-electron chi connectivity index (χ1n) is 10.3. The number of carbonyl (C=O) groups excluding carboxylic acids is 3. The van der Waals surface area contributed by atoms with E-state index in [1.807, 2.05) is 30.3 Å². The summed E-state index contributed by atoms with van der Waals surface area (Å²) in [4.78, 5) is 38.4. The summed E-state index contributed by atoms with van der Waals surface area (Å²) in [7, 11) is 0. The number of ether oxygens (including phenoxy) is 2. The second-order valence-electron chi connectivity index (χ2n) is 7.48. The third-order valence-corrected chi connectivity index (χ3v) is 5.28. The van der Waals surface area contributed by atoms with E-state index in [4.69, 9.17) is 21.1 Å². The zero-order chi connectivity index (χ0) is 23.2. The number of esters is 1. The highest BCUT2D eigenvalue weighted by molar-refractivity contribution is 6.31. The lowest BCUT2D eigenvalue weighted by atomic mass is 10.1. The number of rotatable bonds is 7. The average Bonchev–Trinajstić information content (AvgIpc) is 3.21. The summed E-state index contributed by atoms with van der Waals surface area (Å²) in [5.74, 6) is -0.563. The van der Waals surface area contributed by atoms with Gasteiger partial charge in [-0.15, -0.1) is 0 Å². The molecule has 1 saturated heterocycles. The molecule has 7 nitrogen and oxygen atoms in total. The fraction of sp³-hybridized carbons (Fsp3) is 0.160. The van der Waals surface area contributed by atoms with Crippen LogP contribution < -0.4 is 15.0 Å². The second kappa shape index (κ2) is 10.2. The van der Waals surface area contributed by atoms with Gasteiger partial charge < -0.3 is 19.7 Å². The molecule has 1 N–H and O–H groups in total. The van der Waals surface area contributed by atoms with E-state index in [1.54, 1.807) is 48.5 Å². The molecule has 2 amide bonds. The van der Waals surface area contributed by atoms with Crippen molar-refractivity contribution in [2.75, 3.05) is 23.4 Å². The van der Waals surface area contributed by atoms with E-state index in [0.29, 0.717) is 27.9 Å². The Morgan fingerprint density at radius 3 is 2.42 bits per heavy atom. The van der Waals surface area contributed by atoms with E-state index >= 15 is 0 Å². The van der Waals surface area contributed by atoms with Crippen molar-refractivity contribution in [3.05, 3.63) is 83.9 Å². The molecular formula is C25H21ClN2O5. The topological polar surface area (TPSA) is 84.9 Å². The molecule has 1 heterocycles. The summed E-state index contributed by atoms with van der Waals surface area (Å²) < 4.78 is 10.8. The van der Waals surface area contributed by atoms with Crippen LogP contribution in [0.15, 0.2) is 78.9 Å². The van der Waals surface area contributed by atoms with Crippen LogP contribution in [0.1, 0.15) is 6.42 Å². The number of anilines is 2. The lowest BCUT2D eigenvalue weighted by Gasteiger charge is -2.16. The molecule has 8 heteroatoms. The summed E-state index contributed by atoms with van der Waals surface area (Å²) in [6.45, 7) is -0.258. The third kappa shape index (κ3) is 5.90. The fourth-order valence-electron chi connectivity index (χ4n) is 3.44. The van der Waals surface area contributed by atoms with E-state index < -0.39 is 24.4 Å². The minimum Gasteiger partial charge on any atom is -0.457 e. The smallest absolute Gasteiger partial charge is 0.311 e. The fourth-order valence-corrected chi connectivity index (χ4v) is 3.63. The van der Waals surface area contributed by atoms with Gasteiger partial charge in [-0.1, -0.05) is 35.9 Å². The van der Waals surface area contributed by atoms with Gasteiger partial charge in [0.1, 0.15) is 11.5 Å². The van der Waals surface area contributed by atoms with Gasteiger partial charge in [-0.05, 0) is 54.6 Å². The molecule has 0 radical (unpaired) electrons. The number of halogens is 1. The van der Waals surface area contributed by atoms with Crippen LogP contribution in [-0.4, -0.2) is 30.9 Å². The largest absolute Gasteiger partial charge is 0.457 e. The highest BCUT2D eigenvalue weighted by Gasteiger charge is 2.36. The number of para-hydroxylation sites is 1. The molecule has 1 aliphatic heterocycles. The van der Waals surface area contributed by atoms with Crippen molar-refractivity contribution >= 4 is 40.8 Å². The summed E-state index contributed by atoms with van der Waals surface area (Å²) >= 11 is 5.98. The molecule has 168 valence electrons. The first kappa shape index (κ1) is 22.4. The predicted molar refractivity (Wildman–Crippen MR) is 124 cm³/mol. The molecule has 4 rings (SSSR count). The van der Waals surface area contributed by atoms with E-state index in [1.165, 1.54) is 4.90 Å². The average molecular weight is 465 g/mol. The van der Waals surface area contributed by atoms with Gasteiger partial charge in [0.05, 0.1) is 5.92 Å². The molecule has 1 fully saturated rings. The molecule has 0 aliphatic carbocycles. The van der Waals surface area contributed by atoms with E-state index in [9.17, 15) is 14.4 Å². The zero-order valence-electron chi connectivity index (χ0n) is 17.6. The van der Waals surface area contributed by atoms with Gasteiger partial charge in [0, 0.05) is 29.4 Å². The first-order chi connectivity index (χ1) is 16.0. The maximum Gasteiger partial charge on any atom is 0.311 e. The number of carbonyl (C=O) groups is 3. The predicted octanol–water partition coefficient (Wildman–Crippen LogP) is 4.67. The minimum absolute atomic E-state index is 0.0237. The van der Waals surface area contributed by atoms with E-state index in [-0.39, 0.29) is 18.9 Å². The van der Waals surface area contributed by atoms with Crippen molar-refractivity contribution in [3.63, 3.8) is 0 Å². The Balaban J connectivity index is 1.25. The molecule has 3 aromatic rings. The highest BCUT2D eigenvalue weighted by Crippen LogP contribution is 2.28. The van der Waals surface area contributed by atoms with E-state index in [0.717, 1.165) is 0 Å². The lowest BCUT2D eigenvalue weighted by molar-refractivity contribution is -0.151. The number of hydrogen-bond acceptors (Lipinski definition) is 5. The molecular weight excluding hydrogens is 444 g/mol. The third-order valence-electron chi connectivity index (χ3n) is 5.04. The SMILES string of the molecule is O=C(COC(=O)[C@H]1CC(=O)N(c2cccc(Cl)c2)C1)Nc1ccc(Oc2ccccc2)cc1. The Labute approximate surface area is 195 Å². The molecule has 1 atom stereocenters. The standard InChI is InChI=1S/C25H21ClN2O5/c26-18-5-4-6-20(14-18)28-15-17(13-24(28)30)25(31)32-16-23(29)27-19-9-11-22(12-10-19)33-21-7-2-1-3-8-21/h1-12,14,17H,13,15-16H2,(H,27,29)/t17-/m0/s1. The first-order valence-corrected chi connectivity index (χ1v) is 10.7. The summed E-state index contributed by atoms with van der Waals surface area (Å²) in [5, 5.41) is 3.17. The molecule has 3 aromatic carbocycles. The molecule has 0 bridgehead atoms. The molecule has 0 unspecified atom stereocenters. The van der Waals surface area contributed by atoms with Crippen LogP contribution in [0, 0.1) is 5.92 Å². The molecule has 1 aliphatic rings. The molecule has 0 saturated carbocycles. The van der Waals surface area contributed by atoms with Crippen molar-refractivity contribution < 1.29 is 23.9 Å². The van der Waals surface area contributed by atoms with Gasteiger partial charge in [-0.3, -0.25) is 14.4 Å². The maximum atomic E-state index is 12.4. The van der Waals surface area contributed by atoms with Crippen LogP contribution in [0.5, 0.6) is 11.5 Å². The number of amides is 2. The Morgan fingerprint density at radius 2 is 1.70 bits per heavy atom. The minimum atomic E-state index is -0.640. The monoisotopic (exact) mass is 464 g/mol. The van der Waals surface area contributed by atoms with Crippen LogP contribution >= 0.6 is 11.6 Å². The van der Waals surface area contributed by atoms with Crippen LogP contribution in [-0.2, 0) is 19.1 Å². The second-order valence-corrected chi connectivity index (χ2v) is 7.92. The van der Waals surface area contributed by atoms with Gasteiger partial charge in [0.2, 0.25) is 5.91 Å². The highest BCUT2D eigenvalue weighted by atomic mass is 35.5. The Morgan fingerprint density at radius 1 is 0.970 bits per heavy atom. The number of nitrogens with zero attached hydrogens (tertiary/aromatic N) is 1. The quantitative estimate of drug-likeness (QED) is 0.514. The Hall–Kier alpha value is -3.84. The van der Waals surface area contributed by atoms with Crippen molar-refractivity contribution in [1.29, 1.82) is 0 Å².